The van der Waals surface area contributed by atoms with Crippen LogP contribution in [0.5, 0.6) is 0 Å². The van der Waals surface area contributed by atoms with Gasteiger partial charge in [0.05, 0.1) is 12.2 Å². The van der Waals surface area contributed by atoms with Crippen molar-refractivity contribution in [3.63, 3.8) is 0 Å². The number of nitrogens with zero attached hydrogens (tertiary/aromatic N) is 2. The molecule has 1 saturated heterocycles. The average molecular weight is 331 g/mol. The topological polar surface area (TPSA) is 49.6 Å². The Labute approximate surface area is 109 Å². The number of hydrogen-bond acceptors (Lipinski definition) is 3. The molecule has 16 heavy (non-hydrogen) atoms. The van der Waals surface area contributed by atoms with Crippen LogP contribution in [0.3, 0.4) is 0 Å². The highest BCUT2D eigenvalue weighted by Gasteiger charge is 2.22. The van der Waals surface area contributed by atoms with Crippen molar-refractivity contribution in [2.75, 3.05) is 37.3 Å². The van der Waals surface area contributed by atoms with Gasteiger partial charge < -0.3 is 15.5 Å². The van der Waals surface area contributed by atoms with Crippen LogP contribution < -0.4 is 10.6 Å². The number of amides is 1. The third kappa shape index (κ3) is 2.23. The van der Waals surface area contributed by atoms with Crippen LogP contribution in [0.2, 0.25) is 0 Å². The van der Waals surface area contributed by atoms with Gasteiger partial charge in [-0.15, -0.1) is 0 Å². The molecule has 0 spiro atoms. The van der Waals surface area contributed by atoms with E-state index in [1.807, 2.05) is 25.2 Å². The van der Waals surface area contributed by atoms with Gasteiger partial charge >= 0.3 is 0 Å². The highest BCUT2D eigenvalue weighted by molar-refractivity contribution is 14.1. The maximum absolute atomic E-state index is 11.6. The second-order valence-electron chi connectivity index (χ2n) is 3.95. The van der Waals surface area contributed by atoms with E-state index in [1.54, 1.807) is 4.90 Å². The second kappa shape index (κ2) is 4.48. The molecule has 4 nitrogen and oxygen atoms in total. The first kappa shape index (κ1) is 11.5. The van der Waals surface area contributed by atoms with E-state index in [0.717, 1.165) is 28.0 Å². The molecule has 0 unspecified atom stereocenters. The zero-order valence-electron chi connectivity index (χ0n) is 9.11. The highest BCUT2D eigenvalue weighted by Crippen LogP contribution is 2.25. The van der Waals surface area contributed by atoms with E-state index >= 15 is 0 Å². The lowest BCUT2D eigenvalue weighted by Crippen LogP contribution is -2.48. The van der Waals surface area contributed by atoms with Crippen molar-refractivity contribution in [1.82, 2.24) is 4.90 Å². The molecule has 5 heteroatoms. The fourth-order valence-electron chi connectivity index (χ4n) is 1.74. The molecule has 0 aromatic heterocycles. The molecule has 2 N–H and O–H groups in total. The fourth-order valence-corrected chi connectivity index (χ4v) is 2.62. The van der Waals surface area contributed by atoms with E-state index in [0.29, 0.717) is 6.54 Å². The SMILES string of the molecule is CN1CCN(c2ccc(N)cc2I)CC1=O. The van der Waals surface area contributed by atoms with E-state index in [-0.39, 0.29) is 5.91 Å². The van der Waals surface area contributed by atoms with Crippen LogP contribution >= 0.6 is 22.6 Å². The Morgan fingerprint density at radius 2 is 2.12 bits per heavy atom. The number of likely N-dealkylation sites (N-methyl/N-ethyl adjacent to an activating group) is 1. The summed E-state index contributed by atoms with van der Waals surface area (Å²) in [5.74, 6) is 0.166. The number of nitrogen functional groups attached to an aromatic ring is 1. The first-order valence-corrected chi connectivity index (χ1v) is 6.20. The van der Waals surface area contributed by atoms with Crippen molar-refractivity contribution in [2.24, 2.45) is 0 Å². The Morgan fingerprint density at radius 3 is 2.75 bits per heavy atom. The van der Waals surface area contributed by atoms with Gasteiger partial charge in [0.15, 0.2) is 0 Å². The first-order chi connectivity index (χ1) is 7.58. The minimum Gasteiger partial charge on any atom is -0.399 e. The molecule has 1 heterocycles. The molecule has 86 valence electrons. The largest absolute Gasteiger partial charge is 0.399 e. The van der Waals surface area contributed by atoms with Crippen LogP contribution in [0.15, 0.2) is 18.2 Å². The average Bonchev–Trinajstić information content (AvgIpc) is 2.22. The van der Waals surface area contributed by atoms with Gasteiger partial charge in [-0.3, -0.25) is 4.79 Å². The molecular weight excluding hydrogens is 317 g/mol. The molecule has 0 radical (unpaired) electrons. The minimum atomic E-state index is 0.166. The van der Waals surface area contributed by atoms with Crippen molar-refractivity contribution in [3.05, 3.63) is 21.8 Å². The fraction of sp³-hybridized carbons (Fsp3) is 0.364. The summed E-state index contributed by atoms with van der Waals surface area (Å²) >= 11 is 2.25. The van der Waals surface area contributed by atoms with E-state index < -0.39 is 0 Å². The molecule has 0 saturated carbocycles. The summed E-state index contributed by atoms with van der Waals surface area (Å²) in [5, 5.41) is 0. The Bertz CT molecular complexity index is 422. The Morgan fingerprint density at radius 1 is 1.38 bits per heavy atom. The van der Waals surface area contributed by atoms with Gasteiger partial charge in [-0.05, 0) is 40.8 Å². The van der Waals surface area contributed by atoms with Crippen LogP contribution in [0, 0.1) is 3.57 Å². The summed E-state index contributed by atoms with van der Waals surface area (Å²) in [5.41, 5.74) is 7.56. The molecule has 2 rings (SSSR count). The number of carbonyl (C=O) groups excluding carboxylic acids is 1. The van der Waals surface area contributed by atoms with Gasteiger partial charge in [0.25, 0.3) is 0 Å². The van der Waals surface area contributed by atoms with Crippen molar-refractivity contribution < 1.29 is 4.79 Å². The maximum Gasteiger partial charge on any atom is 0.241 e. The quantitative estimate of drug-likeness (QED) is 0.620. The van der Waals surface area contributed by atoms with E-state index in [4.69, 9.17) is 5.73 Å². The summed E-state index contributed by atoms with van der Waals surface area (Å²) in [4.78, 5) is 15.5. The second-order valence-corrected chi connectivity index (χ2v) is 5.11. The lowest BCUT2D eigenvalue weighted by Gasteiger charge is -2.34. The number of nitrogens with two attached hydrogens (primary N) is 1. The standard InChI is InChI=1S/C11H14IN3O/c1-14-4-5-15(7-11(14)16)10-3-2-8(13)6-9(10)12/h2-3,6H,4-5,7,13H2,1H3. The molecule has 0 bridgehead atoms. The van der Waals surface area contributed by atoms with Crippen LogP contribution in [0.4, 0.5) is 11.4 Å². The van der Waals surface area contributed by atoms with Crippen molar-refractivity contribution in [1.29, 1.82) is 0 Å². The predicted octanol–water partition coefficient (Wildman–Crippen LogP) is 1.15. The molecular formula is C11H14IN3O. The van der Waals surface area contributed by atoms with Crippen molar-refractivity contribution >= 4 is 39.9 Å². The number of hydrogen-bond donors (Lipinski definition) is 1. The summed E-state index contributed by atoms with van der Waals surface area (Å²) in [7, 11) is 1.84. The van der Waals surface area contributed by atoms with E-state index in [1.165, 1.54) is 0 Å². The number of rotatable bonds is 1. The van der Waals surface area contributed by atoms with Gasteiger partial charge in [-0.1, -0.05) is 0 Å². The highest BCUT2D eigenvalue weighted by atomic mass is 127. The molecule has 0 aliphatic carbocycles. The Balaban J connectivity index is 2.22. The van der Waals surface area contributed by atoms with Crippen molar-refractivity contribution in [2.45, 2.75) is 0 Å². The summed E-state index contributed by atoms with van der Waals surface area (Å²) in [6, 6.07) is 5.79. The molecule has 1 amide bonds. The number of halogens is 1. The zero-order chi connectivity index (χ0) is 11.7. The van der Waals surface area contributed by atoms with Gasteiger partial charge in [-0.2, -0.15) is 0 Å². The maximum atomic E-state index is 11.6. The first-order valence-electron chi connectivity index (χ1n) is 5.12. The number of anilines is 2. The Kier molecular flexibility index (Phi) is 3.22. The minimum absolute atomic E-state index is 0.166. The van der Waals surface area contributed by atoms with Crippen LogP contribution in [-0.4, -0.2) is 37.5 Å². The van der Waals surface area contributed by atoms with Gasteiger partial charge in [0.2, 0.25) is 5.91 Å². The molecule has 1 aliphatic heterocycles. The number of piperazine rings is 1. The Hall–Kier alpha value is -0.980. The van der Waals surface area contributed by atoms with Crippen LogP contribution in [0.25, 0.3) is 0 Å². The smallest absolute Gasteiger partial charge is 0.241 e. The predicted molar refractivity (Wildman–Crippen MR) is 73.4 cm³/mol. The van der Waals surface area contributed by atoms with Gasteiger partial charge in [-0.25, -0.2) is 0 Å². The van der Waals surface area contributed by atoms with E-state index in [2.05, 4.69) is 27.5 Å². The van der Waals surface area contributed by atoms with Crippen LogP contribution in [-0.2, 0) is 4.79 Å². The third-order valence-corrected chi connectivity index (χ3v) is 3.63. The lowest BCUT2D eigenvalue weighted by atomic mass is 10.2. The normalized spacial score (nSPS) is 16.8. The summed E-state index contributed by atoms with van der Waals surface area (Å²) in [6.07, 6.45) is 0. The molecule has 1 fully saturated rings. The molecule has 1 aromatic carbocycles. The molecule has 1 aliphatic rings. The van der Waals surface area contributed by atoms with Gasteiger partial charge in [0.1, 0.15) is 0 Å². The molecule has 1 aromatic rings. The van der Waals surface area contributed by atoms with Gasteiger partial charge in [0, 0.05) is 29.4 Å². The zero-order valence-corrected chi connectivity index (χ0v) is 11.3. The monoisotopic (exact) mass is 331 g/mol. The van der Waals surface area contributed by atoms with Crippen molar-refractivity contribution in [3.8, 4) is 0 Å². The number of carbonyl (C=O) groups is 1. The third-order valence-electron chi connectivity index (χ3n) is 2.77. The summed E-state index contributed by atoms with van der Waals surface area (Å²) < 4.78 is 1.09. The molecule has 0 atom stereocenters. The summed E-state index contributed by atoms with van der Waals surface area (Å²) in [6.45, 7) is 2.11. The van der Waals surface area contributed by atoms with Crippen LogP contribution in [0.1, 0.15) is 0 Å². The lowest BCUT2D eigenvalue weighted by molar-refractivity contribution is -0.129. The van der Waals surface area contributed by atoms with E-state index in [9.17, 15) is 4.79 Å². The number of benzene rings is 1.